The maximum absolute atomic E-state index is 12.6. The molecule has 0 radical (unpaired) electrons. The standard InChI is InChI=1S/C18H17N7O3S/c1-10(16(26)19-11-7-8-12-13(9-11)21-17(27)20-12)29-18-22-23-24-25(18)14-5-3-4-6-15(14)28-2/h3-10H,1-2H3,(H,19,26)(H2,20,21,27). The molecule has 2 aromatic carbocycles. The van der Waals surface area contributed by atoms with E-state index in [0.717, 1.165) is 0 Å². The number of tetrazole rings is 1. The van der Waals surface area contributed by atoms with Crippen LogP contribution in [0, 0.1) is 0 Å². The van der Waals surface area contributed by atoms with Gasteiger partial charge in [0.15, 0.2) is 0 Å². The third kappa shape index (κ3) is 3.85. The minimum Gasteiger partial charge on any atom is -0.494 e. The zero-order valence-electron chi connectivity index (χ0n) is 15.5. The highest BCUT2D eigenvalue weighted by molar-refractivity contribution is 8.00. The molecule has 0 saturated heterocycles. The Labute approximate surface area is 168 Å². The first-order valence-electron chi connectivity index (χ1n) is 8.66. The Hall–Kier alpha value is -3.60. The fourth-order valence-electron chi connectivity index (χ4n) is 2.77. The molecular formula is C18H17N7O3S. The van der Waals surface area contributed by atoms with Gasteiger partial charge in [-0.1, -0.05) is 23.9 Å². The number of aromatic nitrogens is 6. The third-order valence-electron chi connectivity index (χ3n) is 4.19. The molecule has 3 N–H and O–H groups in total. The van der Waals surface area contributed by atoms with E-state index in [0.29, 0.717) is 33.3 Å². The van der Waals surface area contributed by atoms with E-state index in [9.17, 15) is 9.59 Å². The normalized spacial score (nSPS) is 12.1. The molecular weight excluding hydrogens is 394 g/mol. The van der Waals surface area contributed by atoms with Crippen LogP contribution >= 0.6 is 11.8 Å². The summed E-state index contributed by atoms with van der Waals surface area (Å²) in [6.07, 6.45) is 0. The van der Waals surface area contributed by atoms with Crippen LogP contribution in [0.5, 0.6) is 5.75 Å². The van der Waals surface area contributed by atoms with Crippen LogP contribution in [0.25, 0.3) is 16.7 Å². The average molecular weight is 411 g/mol. The van der Waals surface area contributed by atoms with Crippen LogP contribution in [0.4, 0.5) is 5.69 Å². The summed E-state index contributed by atoms with van der Waals surface area (Å²) >= 11 is 1.22. The molecule has 11 heteroatoms. The largest absolute Gasteiger partial charge is 0.494 e. The highest BCUT2D eigenvalue weighted by Gasteiger charge is 2.20. The van der Waals surface area contributed by atoms with Crippen LogP contribution in [0.2, 0.25) is 0 Å². The quantitative estimate of drug-likeness (QED) is 0.413. The van der Waals surface area contributed by atoms with Gasteiger partial charge in [0.05, 0.1) is 23.4 Å². The molecule has 0 aliphatic carbocycles. The number of hydrogen-bond acceptors (Lipinski definition) is 7. The number of anilines is 1. The van der Waals surface area contributed by atoms with Crippen molar-refractivity contribution in [3.63, 3.8) is 0 Å². The zero-order chi connectivity index (χ0) is 20.4. The topological polar surface area (TPSA) is 131 Å². The van der Waals surface area contributed by atoms with E-state index < -0.39 is 5.25 Å². The van der Waals surface area contributed by atoms with Crippen LogP contribution in [0.3, 0.4) is 0 Å². The highest BCUT2D eigenvalue weighted by Crippen LogP contribution is 2.28. The number of thioether (sulfide) groups is 1. The predicted octanol–water partition coefficient (Wildman–Crippen LogP) is 1.96. The summed E-state index contributed by atoms with van der Waals surface area (Å²) < 4.78 is 6.89. The minimum absolute atomic E-state index is 0.221. The Balaban J connectivity index is 1.50. The number of benzene rings is 2. The van der Waals surface area contributed by atoms with Crippen LogP contribution in [0.15, 0.2) is 52.4 Å². The van der Waals surface area contributed by atoms with Gasteiger partial charge in [0.2, 0.25) is 11.1 Å². The van der Waals surface area contributed by atoms with Gasteiger partial charge in [-0.3, -0.25) is 4.79 Å². The summed E-state index contributed by atoms with van der Waals surface area (Å²) in [5.41, 5.74) is 2.25. The molecule has 2 heterocycles. The van der Waals surface area contributed by atoms with Crippen molar-refractivity contribution >= 4 is 34.4 Å². The number of fused-ring (bicyclic) bond motifs is 1. The monoisotopic (exact) mass is 411 g/mol. The van der Waals surface area contributed by atoms with E-state index in [1.807, 2.05) is 24.3 Å². The number of H-pyrrole nitrogens is 2. The van der Waals surface area contributed by atoms with E-state index in [1.165, 1.54) is 16.4 Å². The Bertz CT molecular complexity index is 1230. The van der Waals surface area contributed by atoms with Crippen molar-refractivity contribution in [1.29, 1.82) is 0 Å². The molecule has 0 fully saturated rings. The number of amides is 1. The first-order valence-corrected chi connectivity index (χ1v) is 9.54. The lowest BCUT2D eigenvalue weighted by molar-refractivity contribution is -0.115. The number of para-hydroxylation sites is 2. The number of methoxy groups -OCH3 is 1. The van der Waals surface area contributed by atoms with Crippen molar-refractivity contribution in [3.8, 4) is 11.4 Å². The lowest BCUT2D eigenvalue weighted by Gasteiger charge is -2.13. The van der Waals surface area contributed by atoms with Crippen molar-refractivity contribution in [1.82, 2.24) is 30.2 Å². The van der Waals surface area contributed by atoms with Crippen molar-refractivity contribution < 1.29 is 9.53 Å². The van der Waals surface area contributed by atoms with Crippen molar-refractivity contribution in [2.45, 2.75) is 17.3 Å². The number of carbonyl (C=O) groups excluding carboxylic acids is 1. The maximum Gasteiger partial charge on any atom is 0.323 e. The van der Waals surface area contributed by atoms with E-state index in [2.05, 4.69) is 30.8 Å². The molecule has 29 heavy (non-hydrogen) atoms. The predicted molar refractivity (Wildman–Crippen MR) is 109 cm³/mol. The molecule has 1 atom stereocenters. The summed E-state index contributed by atoms with van der Waals surface area (Å²) in [5.74, 6) is 0.398. The molecule has 4 aromatic rings. The molecule has 0 spiro atoms. The summed E-state index contributed by atoms with van der Waals surface area (Å²) in [7, 11) is 1.57. The van der Waals surface area contributed by atoms with Crippen LogP contribution in [-0.4, -0.2) is 48.4 Å². The number of ether oxygens (including phenoxy) is 1. The molecule has 0 saturated carbocycles. The Morgan fingerprint density at radius 3 is 2.83 bits per heavy atom. The van der Waals surface area contributed by atoms with E-state index >= 15 is 0 Å². The Kier molecular flexibility index (Phi) is 5.04. The molecule has 4 rings (SSSR count). The average Bonchev–Trinajstić information content (AvgIpc) is 3.32. The second kappa shape index (κ2) is 7.80. The Morgan fingerprint density at radius 1 is 1.21 bits per heavy atom. The first kappa shape index (κ1) is 18.7. The van der Waals surface area contributed by atoms with Crippen LogP contribution in [0.1, 0.15) is 6.92 Å². The third-order valence-corrected chi connectivity index (χ3v) is 5.22. The van der Waals surface area contributed by atoms with Crippen LogP contribution in [-0.2, 0) is 4.79 Å². The van der Waals surface area contributed by atoms with Crippen molar-refractivity contribution in [2.75, 3.05) is 12.4 Å². The van der Waals surface area contributed by atoms with Gasteiger partial charge in [0.25, 0.3) is 0 Å². The van der Waals surface area contributed by atoms with Gasteiger partial charge >= 0.3 is 5.69 Å². The second-order valence-corrected chi connectivity index (χ2v) is 7.44. The van der Waals surface area contributed by atoms with Crippen molar-refractivity contribution in [2.24, 2.45) is 0 Å². The number of carbonyl (C=O) groups is 1. The lowest BCUT2D eigenvalue weighted by Crippen LogP contribution is -2.23. The molecule has 0 aliphatic heterocycles. The fraction of sp³-hybridized carbons (Fsp3) is 0.167. The summed E-state index contributed by atoms with van der Waals surface area (Å²) in [6.45, 7) is 1.76. The molecule has 0 bridgehead atoms. The maximum atomic E-state index is 12.6. The van der Waals surface area contributed by atoms with Gasteiger partial charge in [0, 0.05) is 5.69 Å². The zero-order valence-corrected chi connectivity index (χ0v) is 16.4. The number of nitrogens with zero attached hydrogens (tertiary/aromatic N) is 4. The SMILES string of the molecule is COc1ccccc1-n1nnnc1SC(C)C(=O)Nc1ccc2[nH]c(=O)[nH]c2c1. The van der Waals surface area contributed by atoms with Gasteiger partial charge in [-0.25, -0.2) is 4.79 Å². The fourth-order valence-corrected chi connectivity index (χ4v) is 3.57. The lowest BCUT2D eigenvalue weighted by atomic mass is 10.2. The molecule has 0 aliphatic rings. The smallest absolute Gasteiger partial charge is 0.323 e. The van der Waals surface area contributed by atoms with Gasteiger partial charge in [-0.15, -0.1) is 5.10 Å². The van der Waals surface area contributed by atoms with E-state index in [1.54, 1.807) is 32.2 Å². The summed E-state index contributed by atoms with van der Waals surface area (Å²) in [5, 5.41) is 14.6. The minimum atomic E-state index is -0.476. The highest BCUT2D eigenvalue weighted by atomic mass is 32.2. The van der Waals surface area contributed by atoms with Gasteiger partial charge in [0.1, 0.15) is 11.4 Å². The van der Waals surface area contributed by atoms with E-state index in [4.69, 9.17) is 4.74 Å². The second-order valence-electron chi connectivity index (χ2n) is 6.13. The number of rotatable bonds is 6. The number of imidazole rings is 1. The number of nitrogens with one attached hydrogen (secondary N) is 3. The van der Waals surface area contributed by atoms with Gasteiger partial charge < -0.3 is 20.0 Å². The van der Waals surface area contributed by atoms with Crippen molar-refractivity contribution in [3.05, 3.63) is 52.9 Å². The molecule has 2 aromatic heterocycles. The molecule has 1 unspecified atom stereocenters. The number of aromatic amines is 2. The molecule has 1 amide bonds. The van der Waals surface area contributed by atoms with E-state index in [-0.39, 0.29) is 11.6 Å². The summed E-state index contributed by atoms with van der Waals surface area (Å²) in [6, 6.07) is 12.5. The summed E-state index contributed by atoms with van der Waals surface area (Å²) in [4.78, 5) is 29.3. The van der Waals surface area contributed by atoms with Gasteiger partial charge in [-0.2, -0.15) is 4.68 Å². The van der Waals surface area contributed by atoms with Crippen LogP contribution < -0.4 is 15.7 Å². The molecule has 148 valence electrons. The number of hydrogen-bond donors (Lipinski definition) is 3. The first-order chi connectivity index (χ1) is 14.0. The Morgan fingerprint density at radius 2 is 2.00 bits per heavy atom. The van der Waals surface area contributed by atoms with Gasteiger partial charge in [-0.05, 0) is 47.7 Å². The molecule has 10 nitrogen and oxygen atoms in total.